The summed E-state index contributed by atoms with van der Waals surface area (Å²) in [5.41, 5.74) is 3.60. The second-order valence-corrected chi connectivity index (χ2v) is 6.57. The van der Waals surface area contributed by atoms with Crippen LogP contribution in [0.5, 0.6) is 0 Å². The Morgan fingerprint density at radius 3 is 2.61 bits per heavy atom. The first kappa shape index (κ1) is 17.6. The molecule has 0 unspecified atom stereocenters. The van der Waals surface area contributed by atoms with Gasteiger partial charge in [-0.2, -0.15) is 0 Å². The molecule has 8 nitrogen and oxygen atoms in total. The number of nitrogens with one attached hydrogen (secondary N) is 1. The molecule has 0 saturated heterocycles. The number of fused-ring (bicyclic) bond motifs is 1. The number of hydrogen-bond donors (Lipinski definition) is 1. The van der Waals surface area contributed by atoms with Gasteiger partial charge in [0.25, 0.3) is 5.91 Å². The van der Waals surface area contributed by atoms with Gasteiger partial charge >= 0.3 is 0 Å². The molecule has 0 atom stereocenters. The highest BCUT2D eigenvalue weighted by Gasteiger charge is 2.17. The topological polar surface area (TPSA) is 88.3 Å². The average molecular weight is 373 g/mol. The van der Waals surface area contributed by atoms with Crippen LogP contribution >= 0.6 is 0 Å². The molecule has 4 aromatic heterocycles. The van der Waals surface area contributed by atoms with Gasteiger partial charge in [-0.1, -0.05) is 6.07 Å². The van der Waals surface area contributed by atoms with Crippen molar-refractivity contribution in [1.82, 2.24) is 29.5 Å². The van der Waals surface area contributed by atoms with Crippen LogP contribution in [0.15, 0.2) is 55.0 Å². The molecule has 0 aliphatic rings. The highest BCUT2D eigenvalue weighted by atomic mass is 16.2. The lowest BCUT2D eigenvalue weighted by molar-refractivity contribution is 0.0827. The number of hydrogen-bond acceptors (Lipinski definition) is 6. The largest absolute Gasteiger partial charge is 0.345 e. The van der Waals surface area contributed by atoms with E-state index in [9.17, 15) is 4.79 Å². The fraction of sp³-hybridized carbons (Fsp3) is 0.150. The van der Waals surface area contributed by atoms with E-state index in [-0.39, 0.29) is 5.91 Å². The Morgan fingerprint density at radius 1 is 1.11 bits per heavy atom. The zero-order chi connectivity index (χ0) is 19.7. The minimum atomic E-state index is -0.101. The molecule has 0 spiro atoms. The normalized spacial score (nSPS) is 10.8. The van der Waals surface area contributed by atoms with Crippen molar-refractivity contribution in [2.24, 2.45) is 0 Å². The monoisotopic (exact) mass is 373 g/mol. The highest BCUT2D eigenvalue weighted by molar-refractivity contribution is 5.96. The van der Waals surface area contributed by atoms with Crippen LogP contribution < -0.4 is 5.32 Å². The number of pyridine rings is 2. The first-order valence-corrected chi connectivity index (χ1v) is 8.74. The Morgan fingerprint density at radius 2 is 1.89 bits per heavy atom. The Labute approximate surface area is 161 Å². The molecule has 28 heavy (non-hydrogen) atoms. The number of carbonyl (C=O) groups is 1. The van der Waals surface area contributed by atoms with E-state index < -0.39 is 0 Å². The molecule has 4 heterocycles. The Hall–Kier alpha value is -3.81. The molecule has 0 fully saturated rings. The molecule has 0 aromatic carbocycles. The standard InChI is InChI=1S/C20H19N7O/c1-13-5-4-6-16(22-13)18-24-19(23-15-7-9-21-10-8-15)17-11-14(12-27(17)25-18)20(28)26(2)3/h4-12H,1-3H3,(H,21,23,24,25). The summed E-state index contributed by atoms with van der Waals surface area (Å²) < 4.78 is 1.66. The van der Waals surface area contributed by atoms with Gasteiger partial charge in [0.2, 0.25) is 5.82 Å². The molecule has 1 N–H and O–H groups in total. The summed E-state index contributed by atoms with van der Waals surface area (Å²) in [6.45, 7) is 1.92. The molecule has 0 aliphatic carbocycles. The molecule has 0 radical (unpaired) electrons. The van der Waals surface area contributed by atoms with Gasteiger partial charge in [0, 0.05) is 44.1 Å². The van der Waals surface area contributed by atoms with E-state index in [1.54, 1.807) is 43.3 Å². The molecule has 0 aliphatic heterocycles. The van der Waals surface area contributed by atoms with Crippen molar-refractivity contribution in [1.29, 1.82) is 0 Å². The lowest BCUT2D eigenvalue weighted by Gasteiger charge is -2.09. The van der Waals surface area contributed by atoms with Crippen molar-refractivity contribution < 1.29 is 4.79 Å². The number of amides is 1. The van der Waals surface area contributed by atoms with Gasteiger partial charge < -0.3 is 10.2 Å². The maximum atomic E-state index is 12.4. The quantitative estimate of drug-likeness (QED) is 0.592. The van der Waals surface area contributed by atoms with Gasteiger partial charge in [-0.05, 0) is 37.3 Å². The number of anilines is 2. The molecule has 0 saturated carbocycles. The smallest absolute Gasteiger partial charge is 0.254 e. The summed E-state index contributed by atoms with van der Waals surface area (Å²) in [6, 6.07) is 11.2. The fourth-order valence-corrected chi connectivity index (χ4v) is 2.81. The van der Waals surface area contributed by atoms with E-state index in [0.717, 1.165) is 11.4 Å². The fourth-order valence-electron chi connectivity index (χ4n) is 2.81. The summed E-state index contributed by atoms with van der Waals surface area (Å²) in [5.74, 6) is 0.945. The van der Waals surface area contributed by atoms with Crippen molar-refractivity contribution in [2.45, 2.75) is 6.92 Å². The van der Waals surface area contributed by atoms with Crippen molar-refractivity contribution in [2.75, 3.05) is 19.4 Å². The number of aromatic nitrogens is 5. The van der Waals surface area contributed by atoms with Crippen LogP contribution in [0.3, 0.4) is 0 Å². The molecule has 0 bridgehead atoms. The molecule has 4 rings (SSSR count). The Balaban J connectivity index is 1.88. The number of aryl methyl sites for hydroxylation is 1. The average Bonchev–Trinajstić information content (AvgIpc) is 3.12. The second kappa shape index (κ2) is 7.07. The third-order valence-corrected chi connectivity index (χ3v) is 4.18. The van der Waals surface area contributed by atoms with E-state index in [2.05, 4.69) is 25.4 Å². The van der Waals surface area contributed by atoms with E-state index in [0.29, 0.717) is 28.4 Å². The molecular weight excluding hydrogens is 354 g/mol. The lowest BCUT2D eigenvalue weighted by atomic mass is 10.3. The van der Waals surface area contributed by atoms with Crippen molar-refractivity contribution in [3.63, 3.8) is 0 Å². The predicted molar refractivity (Wildman–Crippen MR) is 106 cm³/mol. The minimum Gasteiger partial charge on any atom is -0.345 e. The maximum Gasteiger partial charge on any atom is 0.254 e. The first-order valence-electron chi connectivity index (χ1n) is 8.74. The molecular formula is C20H19N7O. The van der Waals surface area contributed by atoms with E-state index in [1.807, 2.05) is 37.3 Å². The SMILES string of the molecule is Cc1cccc(-c2nc(Nc3ccncc3)c3cc(C(=O)N(C)C)cn3n2)n1. The molecule has 8 heteroatoms. The third kappa shape index (κ3) is 3.39. The highest BCUT2D eigenvalue weighted by Crippen LogP contribution is 2.24. The first-order chi connectivity index (χ1) is 13.5. The van der Waals surface area contributed by atoms with Gasteiger partial charge in [0.05, 0.1) is 5.56 Å². The van der Waals surface area contributed by atoms with Gasteiger partial charge in [0.1, 0.15) is 11.2 Å². The lowest BCUT2D eigenvalue weighted by Crippen LogP contribution is -2.20. The summed E-state index contributed by atoms with van der Waals surface area (Å²) in [5, 5.41) is 7.86. The molecule has 4 aromatic rings. The zero-order valence-corrected chi connectivity index (χ0v) is 15.8. The number of carbonyl (C=O) groups excluding carboxylic acids is 1. The van der Waals surface area contributed by atoms with Gasteiger partial charge in [-0.25, -0.2) is 14.5 Å². The number of nitrogens with zero attached hydrogens (tertiary/aromatic N) is 6. The van der Waals surface area contributed by atoms with Gasteiger partial charge in [-0.15, -0.1) is 5.10 Å². The maximum absolute atomic E-state index is 12.4. The van der Waals surface area contributed by atoms with Gasteiger partial charge in [0.15, 0.2) is 5.82 Å². The van der Waals surface area contributed by atoms with Crippen LogP contribution in [0.2, 0.25) is 0 Å². The van der Waals surface area contributed by atoms with Crippen molar-refractivity contribution in [3.8, 4) is 11.5 Å². The van der Waals surface area contributed by atoms with E-state index in [4.69, 9.17) is 0 Å². The van der Waals surface area contributed by atoms with Crippen molar-refractivity contribution in [3.05, 3.63) is 66.2 Å². The summed E-state index contributed by atoms with van der Waals surface area (Å²) >= 11 is 0. The molecule has 1 amide bonds. The Bertz CT molecular complexity index is 1150. The van der Waals surface area contributed by atoms with Crippen LogP contribution in [0.1, 0.15) is 16.1 Å². The predicted octanol–water partition coefficient (Wildman–Crippen LogP) is 2.94. The zero-order valence-electron chi connectivity index (χ0n) is 15.8. The Kier molecular flexibility index (Phi) is 4.44. The van der Waals surface area contributed by atoms with Crippen LogP contribution in [0.4, 0.5) is 11.5 Å². The van der Waals surface area contributed by atoms with Crippen LogP contribution in [0.25, 0.3) is 17.0 Å². The van der Waals surface area contributed by atoms with Crippen LogP contribution in [-0.4, -0.2) is 49.5 Å². The number of rotatable bonds is 4. The van der Waals surface area contributed by atoms with E-state index in [1.165, 1.54) is 4.90 Å². The summed E-state index contributed by atoms with van der Waals surface area (Å²) in [7, 11) is 3.43. The summed E-state index contributed by atoms with van der Waals surface area (Å²) in [4.78, 5) is 27.2. The van der Waals surface area contributed by atoms with Gasteiger partial charge in [-0.3, -0.25) is 9.78 Å². The van der Waals surface area contributed by atoms with E-state index >= 15 is 0 Å². The molecule has 140 valence electrons. The minimum absolute atomic E-state index is 0.101. The van der Waals surface area contributed by atoms with Crippen LogP contribution in [0, 0.1) is 6.92 Å². The summed E-state index contributed by atoms with van der Waals surface area (Å²) in [6.07, 6.45) is 5.10. The second-order valence-electron chi connectivity index (χ2n) is 6.57. The van der Waals surface area contributed by atoms with Crippen molar-refractivity contribution >= 4 is 22.9 Å². The third-order valence-electron chi connectivity index (χ3n) is 4.18. The van der Waals surface area contributed by atoms with Crippen LogP contribution in [-0.2, 0) is 0 Å².